The number of anilines is 2. The van der Waals surface area contributed by atoms with Gasteiger partial charge in [0, 0.05) is 33.4 Å². The Morgan fingerprint density at radius 1 is 1.08 bits per heavy atom. The zero-order chi connectivity index (χ0) is 19.1. The van der Waals surface area contributed by atoms with Gasteiger partial charge in [0.15, 0.2) is 0 Å². The van der Waals surface area contributed by atoms with Crippen molar-refractivity contribution in [1.29, 1.82) is 0 Å². The molecule has 2 rings (SSSR count). The van der Waals surface area contributed by atoms with E-state index in [0.717, 1.165) is 10.0 Å². The predicted octanol–water partition coefficient (Wildman–Crippen LogP) is 4.70. The molecule has 136 valence electrons. The van der Waals surface area contributed by atoms with Crippen LogP contribution in [-0.2, 0) is 9.59 Å². The lowest BCUT2D eigenvalue weighted by Gasteiger charge is -2.09. The lowest BCUT2D eigenvalue weighted by Crippen LogP contribution is -2.17. The smallest absolute Gasteiger partial charge is 0.248 e. The molecule has 2 amide bonds. The van der Waals surface area contributed by atoms with Gasteiger partial charge in [0.25, 0.3) is 0 Å². The van der Waals surface area contributed by atoms with Gasteiger partial charge in [0.05, 0.1) is 7.11 Å². The molecule has 26 heavy (non-hydrogen) atoms. The Morgan fingerprint density at radius 3 is 2.42 bits per heavy atom. The summed E-state index contributed by atoms with van der Waals surface area (Å²) in [6.07, 6.45) is 3.12. The number of nitrogens with one attached hydrogen (secondary N) is 2. The van der Waals surface area contributed by atoms with Crippen LogP contribution in [0.15, 0.2) is 53.0 Å². The molecule has 2 N–H and O–H groups in total. The van der Waals surface area contributed by atoms with Crippen LogP contribution in [0.2, 0.25) is 0 Å². The van der Waals surface area contributed by atoms with Gasteiger partial charge >= 0.3 is 0 Å². The van der Waals surface area contributed by atoms with Gasteiger partial charge in [-0.05, 0) is 42.5 Å². The maximum atomic E-state index is 12.2. The summed E-state index contributed by atoms with van der Waals surface area (Å²) in [4.78, 5) is 23.9. The van der Waals surface area contributed by atoms with Gasteiger partial charge in [-0.15, -0.1) is 0 Å². The highest BCUT2D eigenvalue weighted by atomic mass is 79.9. The van der Waals surface area contributed by atoms with Gasteiger partial charge in [0.1, 0.15) is 5.75 Å². The molecule has 6 heteroatoms. The second kappa shape index (κ2) is 9.20. The second-order valence-electron chi connectivity index (χ2n) is 5.93. The Bertz CT molecular complexity index is 832. The Balaban J connectivity index is 2.06. The topological polar surface area (TPSA) is 67.4 Å². The Kier molecular flexibility index (Phi) is 6.97. The van der Waals surface area contributed by atoms with E-state index in [4.69, 9.17) is 4.74 Å². The van der Waals surface area contributed by atoms with Crippen molar-refractivity contribution in [3.63, 3.8) is 0 Å². The zero-order valence-corrected chi connectivity index (χ0v) is 16.5. The quantitative estimate of drug-likeness (QED) is 0.670. The summed E-state index contributed by atoms with van der Waals surface area (Å²) in [5.74, 6) is 0.210. The largest absolute Gasteiger partial charge is 0.496 e. The third-order valence-electron chi connectivity index (χ3n) is 3.53. The van der Waals surface area contributed by atoms with E-state index in [0.29, 0.717) is 17.1 Å². The van der Waals surface area contributed by atoms with Crippen molar-refractivity contribution in [2.45, 2.75) is 13.8 Å². The SMILES string of the molecule is COc1ccc(Br)cc1C=CC(=O)Nc1cccc(NC(=O)C(C)C)c1. The average molecular weight is 417 g/mol. The Morgan fingerprint density at radius 2 is 1.77 bits per heavy atom. The minimum absolute atomic E-state index is 0.0740. The monoisotopic (exact) mass is 416 g/mol. The number of ether oxygens (including phenoxy) is 1. The van der Waals surface area contributed by atoms with Crippen LogP contribution in [0.3, 0.4) is 0 Å². The van der Waals surface area contributed by atoms with Crippen molar-refractivity contribution in [2.75, 3.05) is 17.7 Å². The number of carbonyl (C=O) groups excluding carboxylic acids is 2. The molecule has 0 bridgehead atoms. The molecule has 5 nitrogen and oxygen atoms in total. The Hall–Kier alpha value is -2.60. The number of methoxy groups -OCH3 is 1. The highest BCUT2D eigenvalue weighted by Crippen LogP contribution is 2.24. The first-order valence-electron chi connectivity index (χ1n) is 8.12. The molecule has 0 aliphatic rings. The van der Waals surface area contributed by atoms with Crippen LogP contribution >= 0.6 is 15.9 Å². The molecule has 2 aromatic carbocycles. The minimum Gasteiger partial charge on any atom is -0.496 e. The first-order valence-corrected chi connectivity index (χ1v) is 8.92. The standard InChI is InChI=1S/C20H21BrN2O3/c1-13(2)20(25)23-17-6-4-5-16(12-17)22-19(24)10-7-14-11-15(21)8-9-18(14)26-3/h4-13H,1-3H3,(H,22,24)(H,23,25). The van der Waals surface area contributed by atoms with Gasteiger partial charge in [-0.2, -0.15) is 0 Å². The van der Waals surface area contributed by atoms with E-state index >= 15 is 0 Å². The molecule has 0 aromatic heterocycles. The highest BCUT2D eigenvalue weighted by molar-refractivity contribution is 9.10. The highest BCUT2D eigenvalue weighted by Gasteiger charge is 2.08. The van der Waals surface area contributed by atoms with Gasteiger partial charge < -0.3 is 15.4 Å². The summed E-state index contributed by atoms with van der Waals surface area (Å²) >= 11 is 3.40. The number of carbonyl (C=O) groups is 2. The van der Waals surface area contributed by atoms with Crippen LogP contribution in [0.5, 0.6) is 5.75 Å². The second-order valence-corrected chi connectivity index (χ2v) is 6.85. The molecule has 0 fully saturated rings. The van der Waals surface area contributed by atoms with Crippen LogP contribution in [0.1, 0.15) is 19.4 Å². The van der Waals surface area contributed by atoms with Crippen molar-refractivity contribution >= 4 is 45.2 Å². The lowest BCUT2D eigenvalue weighted by molar-refractivity contribution is -0.119. The van der Waals surface area contributed by atoms with E-state index in [1.165, 1.54) is 6.08 Å². The summed E-state index contributed by atoms with van der Waals surface area (Å²) in [6.45, 7) is 3.64. The average Bonchev–Trinajstić information content (AvgIpc) is 2.60. The summed E-state index contributed by atoms with van der Waals surface area (Å²) in [5.41, 5.74) is 2.02. The van der Waals surface area contributed by atoms with Crippen molar-refractivity contribution in [3.8, 4) is 5.75 Å². The van der Waals surface area contributed by atoms with Crippen LogP contribution in [-0.4, -0.2) is 18.9 Å². The van der Waals surface area contributed by atoms with Gasteiger partial charge in [-0.25, -0.2) is 0 Å². The van der Waals surface area contributed by atoms with Crippen LogP contribution in [0.25, 0.3) is 6.08 Å². The molecule has 0 unspecified atom stereocenters. The van der Waals surface area contributed by atoms with Gasteiger partial charge in [-0.3, -0.25) is 9.59 Å². The third kappa shape index (κ3) is 5.74. The normalized spacial score (nSPS) is 10.8. The zero-order valence-electron chi connectivity index (χ0n) is 14.9. The number of hydrogen-bond donors (Lipinski definition) is 2. The molecule has 0 saturated heterocycles. The van der Waals surface area contributed by atoms with Crippen LogP contribution in [0.4, 0.5) is 11.4 Å². The van der Waals surface area contributed by atoms with Gasteiger partial charge in [0.2, 0.25) is 11.8 Å². The van der Waals surface area contributed by atoms with Crippen LogP contribution in [0, 0.1) is 5.92 Å². The number of rotatable bonds is 6. The van der Waals surface area contributed by atoms with E-state index in [9.17, 15) is 9.59 Å². The Labute approximate surface area is 161 Å². The fourth-order valence-electron chi connectivity index (χ4n) is 2.15. The number of amides is 2. The molecule has 0 spiro atoms. The van der Waals surface area contributed by atoms with Crippen molar-refractivity contribution in [2.24, 2.45) is 5.92 Å². The molecule has 0 aliphatic carbocycles. The molecule has 0 atom stereocenters. The molecular weight excluding hydrogens is 396 g/mol. The van der Waals surface area contributed by atoms with Gasteiger partial charge in [-0.1, -0.05) is 35.8 Å². The minimum atomic E-state index is -0.278. The van der Waals surface area contributed by atoms with E-state index in [2.05, 4.69) is 26.6 Å². The summed E-state index contributed by atoms with van der Waals surface area (Å²) < 4.78 is 6.17. The molecule has 0 heterocycles. The molecule has 2 aromatic rings. The third-order valence-corrected chi connectivity index (χ3v) is 4.02. The van der Waals surface area contributed by atoms with Crippen LogP contribution < -0.4 is 15.4 Å². The lowest BCUT2D eigenvalue weighted by atomic mass is 10.2. The fourth-order valence-corrected chi connectivity index (χ4v) is 2.52. The molecular formula is C20H21BrN2O3. The van der Waals surface area contributed by atoms with E-state index in [1.807, 2.05) is 32.0 Å². The van der Waals surface area contributed by atoms with E-state index in [-0.39, 0.29) is 17.7 Å². The van der Waals surface area contributed by atoms with E-state index < -0.39 is 0 Å². The fraction of sp³-hybridized carbons (Fsp3) is 0.200. The van der Waals surface area contributed by atoms with E-state index in [1.54, 1.807) is 37.5 Å². The first kappa shape index (κ1) is 19.7. The predicted molar refractivity (Wildman–Crippen MR) is 108 cm³/mol. The molecule has 0 radical (unpaired) electrons. The molecule has 0 aliphatic heterocycles. The number of benzene rings is 2. The van der Waals surface area contributed by atoms with Crippen molar-refractivity contribution < 1.29 is 14.3 Å². The van der Waals surface area contributed by atoms with Crippen molar-refractivity contribution in [1.82, 2.24) is 0 Å². The molecule has 0 saturated carbocycles. The maximum Gasteiger partial charge on any atom is 0.248 e. The van der Waals surface area contributed by atoms with Crippen molar-refractivity contribution in [3.05, 3.63) is 58.6 Å². The maximum absolute atomic E-state index is 12.2. The number of halogens is 1. The summed E-state index contributed by atoms with van der Waals surface area (Å²) in [5, 5.41) is 5.58. The number of hydrogen-bond acceptors (Lipinski definition) is 3. The first-order chi connectivity index (χ1) is 12.4. The summed E-state index contributed by atoms with van der Waals surface area (Å²) in [7, 11) is 1.58. The summed E-state index contributed by atoms with van der Waals surface area (Å²) in [6, 6.07) is 12.6.